The van der Waals surface area contributed by atoms with Crippen LogP contribution in [-0.4, -0.2) is 95.2 Å². The molecule has 6 atom stereocenters. The summed E-state index contributed by atoms with van der Waals surface area (Å²) >= 11 is 0. The van der Waals surface area contributed by atoms with E-state index in [1.165, 1.54) is 0 Å². The van der Waals surface area contributed by atoms with Gasteiger partial charge in [-0.3, -0.25) is 14.4 Å². The van der Waals surface area contributed by atoms with E-state index in [1.54, 1.807) is 26.9 Å². The maximum absolute atomic E-state index is 14.9. The van der Waals surface area contributed by atoms with Crippen LogP contribution in [0.15, 0.2) is 49.6 Å². The first-order chi connectivity index (χ1) is 21.0. The highest BCUT2D eigenvalue weighted by molar-refractivity contribution is 6.05. The summed E-state index contributed by atoms with van der Waals surface area (Å²) in [4.78, 5) is 51.0. The van der Waals surface area contributed by atoms with E-state index >= 15 is 0 Å². The second kappa shape index (κ2) is 13.4. The number of rotatable bonds is 15. The van der Waals surface area contributed by atoms with E-state index in [1.807, 2.05) is 52.0 Å². The van der Waals surface area contributed by atoms with E-state index < -0.39 is 35.1 Å². The van der Waals surface area contributed by atoms with Crippen LogP contribution in [0.1, 0.15) is 60.8 Å². The number of benzene rings is 1. The van der Waals surface area contributed by atoms with Crippen LogP contribution in [0, 0.1) is 17.8 Å². The van der Waals surface area contributed by atoms with Crippen molar-refractivity contribution in [1.29, 1.82) is 0 Å². The number of hydrogen-bond donors (Lipinski definition) is 1. The number of anilines is 2. The Labute approximate surface area is 263 Å². The molecule has 2 unspecified atom stereocenters. The Morgan fingerprint density at radius 3 is 2.18 bits per heavy atom. The van der Waals surface area contributed by atoms with Gasteiger partial charge in [0, 0.05) is 44.1 Å². The third-order valence-corrected chi connectivity index (χ3v) is 10.1. The molecule has 1 spiro atoms. The molecule has 0 aromatic heterocycles. The number of hydrogen-bond acceptors (Lipinski definition) is 6. The van der Waals surface area contributed by atoms with E-state index in [2.05, 4.69) is 31.9 Å². The molecule has 0 aliphatic carbocycles. The number of aliphatic hydroxyl groups is 1. The molecule has 3 aliphatic rings. The van der Waals surface area contributed by atoms with Crippen molar-refractivity contribution in [2.45, 2.75) is 84.1 Å². The maximum atomic E-state index is 14.9. The average Bonchev–Trinajstić information content (AvgIpc) is 3.57. The number of nitrogens with zero attached hydrogens (tertiary/aromatic N) is 4. The molecule has 9 heteroatoms. The summed E-state index contributed by atoms with van der Waals surface area (Å²) < 4.78 is 6.87. The molecule has 1 aromatic carbocycles. The molecule has 3 saturated heterocycles. The van der Waals surface area contributed by atoms with Crippen LogP contribution in [0.3, 0.4) is 0 Å². The van der Waals surface area contributed by atoms with Crippen LogP contribution in [0.4, 0.5) is 11.4 Å². The number of likely N-dealkylation sites (tertiary alicyclic amines) is 1. The summed E-state index contributed by atoms with van der Waals surface area (Å²) in [7, 11) is 0. The molecule has 3 heterocycles. The molecule has 3 fully saturated rings. The standard InChI is InChI=1S/C35H52N4O5/c1-9-20-37(21-10-2)31(41)28-29-32(42)39(27(23-40)24(6)7)30(35(29)19-18-34(28,8)44-35)33(43)38(22-11-3)26-16-14-25(15-17-26)36(12-4)13-5/h9,11,14-17,24,27-30,40H,1,3,10,12-13,18-23H2,2,4-8H3/t27-,28-,29-,30?,34+,35?/m0/s1. The van der Waals surface area contributed by atoms with Gasteiger partial charge in [-0.25, -0.2) is 0 Å². The van der Waals surface area contributed by atoms with Crippen molar-refractivity contribution in [2.24, 2.45) is 17.8 Å². The minimum Gasteiger partial charge on any atom is -0.394 e. The predicted octanol–water partition coefficient (Wildman–Crippen LogP) is 4.26. The maximum Gasteiger partial charge on any atom is 0.253 e. The summed E-state index contributed by atoms with van der Waals surface area (Å²) in [5.41, 5.74) is -0.312. The first-order valence-corrected chi connectivity index (χ1v) is 16.3. The molecule has 4 rings (SSSR count). The lowest BCUT2D eigenvalue weighted by atomic mass is 9.66. The SMILES string of the molecule is C=CCN(CCC)C(=O)[C@@H]1[C@H]2C(=O)N([C@@H](CO)C(C)C)C(C(=O)N(CC=C)c3ccc(N(CC)CC)cc3)C23CC[C@@]1(C)O3. The first-order valence-electron chi connectivity index (χ1n) is 16.3. The topological polar surface area (TPSA) is 93.6 Å². The minimum atomic E-state index is -1.18. The van der Waals surface area contributed by atoms with Crippen LogP contribution >= 0.6 is 0 Å². The van der Waals surface area contributed by atoms with Gasteiger partial charge >= 0.3 is 0 Å². The Bertz CT molecular complexity index is 1230. The molecule has 0 saturated carbocycles. The minimum absolute atomic E-state index is 0.130. The summed E-state index contributed by atoms with van der Waals surface area (Å²) in [5.74, 6) is -2.40. The molecule has 3 amide bonds. The Kier molecular flexibility index (Phi) is 10.3. The van der Waals surface area contributed by atoms with Crippen molar-refractivity contribution in [3.05, 3.63) is 49.6 Å². The second-order valence-electron chi connectivity index (χ2n) is 13.0. The third-order valence-electron chi connectivity index (χ3n) is 10.1. The normalized spacial score (nSPS) is 27.8. The van der Waals surface area contributed by atoms with Gasteiger partial charge in [0.2, 0.25) is 11.8 Å². The molecular weight excluding hydrogens is 556 g/mol. The van der Waals surface area contributed by atoms with Gasteiger partial charge in [-0.2, -0.15) is 0 Å². The highest BCUT2D eigenvalue weighted by atomic mass is 16.5. The van der Waals surface area contributed by atoms with Crippen molar-refractivity contribution in [3.63, 3.8) is 0 Å². The van der Waals surface area contributed by atoms with Crippen molar-refractivity contribution in [3.8, 4) is 0 Å². The fraction of sp³-hybridized carbons (Fsp3) is 0.629. The lowest BCUT2D eigenvalue weighted by Crippen LogP contribution is -2.60. The number of ether oxygens (including phenoxy) is 1. The van der Waals surface area contributed by atoms with E-state index in [0.29, 0.717) is 31.6 Å². The second-order valence-corrected chi connectivity index (χ2v) is 13.0. The van der Waals surface area contributed by atoms with Gasteiger partial charge in [-0.05, 0) is 70.2 Å². The number of carbonyl (C=O) groups is 3. The molecule has 2 bridgehead atoms. The summed E-state index contributed by atoms with van der Waals surface area (Å²) in [6.07, 6.45) is 5.19. The highest BCUT2D eigenvalue weighted by Gasteiger charge is 2.79. The fourth-order valence-corrected chi connectivity index (χ4v) is 7.94. The smallest absolute Gasteiger partial charge is 0.253 e. The van der Waals surface area contributed by atoms with Crippen LogP contribution < -0.4 is 9.80 Å². The van der Waals surface area contributed by atoms with E-state index in [4.69, 9.17) is 4.74 Å². The van der Waals surface area contributed by atoms with Gasteiger partial charge in [0.05, 0.1) is 30.1 Å². The number of aliphatic hydroxyl groups excluding tert-OH is 1. The lowest BCUT2D eigenvalue weighted by Gasteiger charge is -2.40. The van der Waals surface area contributed by atoms with Crippen LogP contribution in [-0.2, 0) is 19.1 Å². The van der Waals surface area contributed by atoms with Crippen molar-refractivity contribution < 1.29 is 24.2 Å². The van der Waals surface area contributed by atoms with E-state index in [-0.39, 0.29) is 36.8 Å². The van der Waals surface area contributed by atoms with Crippen molar-refractivity contribution in [1.82, 2.24) is 9.80 Å². The first kappa shape index (κ1) is 33.7. The van der Waals surface area contributed by atoms with Gasteiger partial charge in [0.15, 0.2) is 0 Å². The van der Waals surface area contributed by atoms with Crippen LogP contribution in [0.25, 0.3) is 0 Å². The average molecular weight is 609 g/mol. The van der Waals surface area contributed by atoms with Gasteiger partial charge in [-0.15, -0.1) is 13.2 Å². The summed E-state index contributed by atoms with van der Waals surface area (Å²) in [5, 5.41) is 10.6. The lowest BCUT2D eigenvalue weighted by molar-refractivity contribution is -0.152. The van der Waals surface area contributed by atoms with Crippen LogP contribution in [0.2, 0.25) is 0 Å². The quantitative estimate of drug-likeness (QED) is 0.299. The Balaban J connectivity index is 1.83. The van der Waals surface area contributed by atoms with Gasteiger partial charge in [0.25, 0.3) is 5.91 Å². The number of amides is 3. The van der Waals surface area contributed by atoms with Crippen molar-refractivity contribution >= 4 is 29.1 Å². The zero-order chi connectivity index (χ0) is 32.4. The molecule has 3 aliphatic heterocycles. The fourth-order valence-electron chi connectivity index (χ4n) is 7.94. The molecule has 242 valence electrons. The molecular formula is C35H52N4O5. The van der Waals surface area contributed by atoms with Gasteiger partial charge in [-0.1, -0.05) is 32.9 Å². The van der Waals surface area contributed by atoms with Gasteiger partial charge in [0.1, 0.15) is 11.6 Å². The van der Waals surface area contributed by atoms with E-state index in [0.717, 1.165) is 25.2 Å². The van der Waals surface area contributed by atoms with E-state index in [9.17, 15) is 19.5 Å². The highest BCUT2D eigenvalue weighted by Crippen LogP contribution is 2.64. The number of fused-ring (bicyclic) bond motifs is 1. The molecule has 1 N–H and O–H groups in total. The molecule has 44 heavy (non-hydrogen) atoms. The van der Waals surface area contributed by atoms with Gasteiger partial charge < -0.3 is 29.4 Å². The zero-order valence-electron chi connectivity index (χ0n) is 27.5. The van der Waals surface area contributed by atoms with Crippen molar-refractivity contribution in [2.75, 3.05) is 49.1 Å². The third kappa shape index (κ3) is 5.47. The predicted molar refractivity (Wildman–Crippen MR) is 174 cm³/mol. The Morgan fingerprint density at radius 2 is 1.66 bits per heavy atom. The monoisotopic (exact) mass is 608 g/mol. The molecule has 9 nitrogen and oxygen atoms in total. The van der Waals surface area contributed by atoms with Crippen LogP contribution in [0.5, 0.6) is 0 Å². The largest absolute Gasteiger partial charge is 0.394 e. The zero-order valence-corrected chi connectivity index (χ0v) is 27.5. The summed E-state index contributed by atoms with van der Waals surface area (Å²) in [6, 6.07) is 6.25. The molecule has 0 radical (unpaired) electrons. The molecule has 1 aromatic rings. The number of carbonyl (C=O) groups excluding carboxylic acids is 3. The Hall–Kier alpha value is -3.17. The summed E-state index contributed by atoms with van der Waals surface area (Å²) in [6.45, 7) is 22.3. The Morgan fingerprint density at radius 1 is 1.05 bits per heavy atom.